The SMILES string of the molecule is C=CC(=O)OCC(NCCCC)(OC(=O)C(=C)C)C(O)CC. The van der Waals surface area contributed by atoms with E-state index < -0.39 is 23.8 Å². The second-order valence-corrected chi connectivity index (χ2v) is 5.08. The molecule has 0 aromatic carbocycles. The molecule has 0 bridgehead atoms. The van der Waals surface area contributed by atoms with Gasteiger partial charge in [-0.15, -0.1) is 0 Å². The maximum Gasteiger partial charge on any atom is 0.335 e. The maximum absolute atomic E-state index is 11.9. The maximum atomic E-state index is 11.9. The number of hydrogen-bond donors (Lipinski definition) is 2. The van der Waals surface area contributed by atoms with E-state index in [0.29, 0.717) is 13.0 Å². The van der Waals surface area contributed by atoms with Gasteiger partial charge in [0.2, 0.25) is 5.72 Å². The van der Waals surface area contributed by atoms with Crippen molar-refractivity contribution in [3.63, 3.8) is 0 Å². The molecule has 0 saturated heterocycles. The topological polar surface area (TPSA) is 84.9 Å². The molecule has 22 heavy (non-hydrogen) atoms. The van der Waals surface area contributed by atoms with Crippen LogP contribution in [0.25, 0.3) is 0 Å². The number of aliphatic hydroxyl groups excluding tert-OH is 1. The van der Waals surface area contributed by atoms with Crippen LogP contribution in [0.15, 0.2) is 24.8 Å². The molecular weight excluding hydrogens is 286 g/mol. The minimum absolute atomic E-state index is 0.194. The Morgan fingerprint density at radius 1 is 1.41 bits per heavy atom. The molecule has 0 aliphatic heterocycles. The summed E-state index contributed by atoms with van der Waals surface area (Å²) >= 11 is 0. The van der Waals surface area contributed by atoms with E-state index >= 15 is 0 Å². The van der Waals surface area contributed by atoms with Crippen molar-refractivity contribution in [2.45, 2.75) is 51.9 Å². The van der Waals surface area contributed by atoms with Gasteiger partial charge in [0, 0.05) is 11.6 Å². The third-order valence-corrected chi connectivity index (χ3v) is 3.10. The molecule has 0 heterocycles. The van der Waals surface area contributed by atoms with Crippen LogP contribution < -0.4 is 5.32 Å². The van der Waals surface area contributed by atoms with Gasteiger partial charge in [0.05, 0.1) is 0 Å². The highest BCUT2D eigenvalue weighted by Crippen LogP contribution is 2.19. The molecule has 0 aromatic heterocycles. The molecule has 6 heteroatoms. The second-order valence-electron chi connectivity index (χ2n) is 5.08. The number of esters is 2. The predicted octanol–water partition coefficient (Wildman–Crippen LogP) is 1.69. The lowest BCUT2D eigenvalue weighted by molar-refractivity contribution is -0.192. The molecule has 2 atom stereocenters. The number of ether oxygens (including phenoxy) is 2. The van der Waals surface area contributed by atoms with Crippen LogP contribution in [0.5, 0.6) is 0 Å². The van der Waals surface area contributed by atoms with Gasteiger partial charge in [0.25, 0.3) is 0 Å². The van der Waals surface area contributed by atoms with Crippen LogP contribution in [-0.4, -0.2) is 42.0 Å². The van der Waals surface area contributed by atoms with Crippen molar-refractivity contribution in [1.82, 2.24) is 5.32 Å². The van der Waals surface area contributed by atoms with Gasteiger partial charge in [-0.25, -0.2) is 9.59 Å². The summed E-state index contributed by atoms with van der Waals surface area (Å²) in [6.45, 7) is 12.3. The van der Waals surface area contributed by atoms with Crippen molar-refractivity contribution in [1.29, 1.82) is 0 Å². The number of unbranched alkanes of at least 4 members (excludes halogenated alkanes) is 1. The van der Waals surface area contributed by atoms with Gasteiger partial charge in [-0.1, -0.05) is 33.4 Å². The number of hydrogen-bond acceptors (Lipinski definition) is 6. The number of carbonyl (C=O) groups is 2. The molecule has 0 fully saturated rings. The molecule has 0 radical (unpaired) electrons. The van der Waals surface area contributed by atoms with Crippen LogP contribution in [0.2, 0.25) is 0 Å². The first-order chi connectivity index (χ1) is 10.3. The highest BCUT2D eigenvalue weighted by atomic mass is 16.6. The van der Waals surface area contributed by atoms with Crippen LogP contribution in [0, 0.1) is 0 Å². The number of aliphatic hydroxyl groups is 1. The molecule has 0 rings (SSSR count). The van der Waals surface area contributed by atoms with Gasteiger partial charge in [0.15, 0.2) is 0 Å². The second kappa shape index (κ2) is 10.1. The van der Waals surface area contributed by atoms with E-state index in [-0.39, 0.29) is 12.2 Å². The van der Waals surface area contributed by atoms with Crippen molar-refractivity contribution < 1.29 is 24.2 Å². The molecular formula is C16H27NO5. The summed E-state index contributed by atoms with van der Waals surface area (Å²) in [6.07, 6.45) is 2.03. The van der Waals surface area contributed by atoms with Gasteiger partial charge < -0.3 is 14.6 Å². The summed E-state index contributed by atoms with van der Waals surface area (Å²) in [4.78, 5) is 23.2. The summed E-state index contributed by atoms with van der Waals surface area (Å²) < 4.78 is 10.4. The van der Waals surface area contributed by atoms with E-state index in [1.54, 1.807) is 6.92 Å². The van der Waals surface area contributed by atoms with E-state index in [2.05, 4.69) is 18.5 Å². The number of carbonyl (C=O) groups excluding carboxylic acids is 2. The van der Waals surface area contributed by atoms with Crippen LogP contribution in [0.1, 0.15) is 40.0 Å². The highest BCUT2D eigenvalue weighted by molar-refractivity contribution is 5.87. The van der Waals surface area contributed by atoms with Crippen molar-refractivity contribution in [2.24, 2.45) is 0 Å². The van der Waals surface area contributed by atoms with Gasteiger partial charge in [-0.3, -0.25) is 5.32 Å². The summed E-state index contributed by atoms with van der Waals surface area (Å²) in [7, 11) is 0. The van der Waals surface area contributed by atoms with E-state index in [4.69, 9.17) is 9.47 Å². The first kappa shape index (κ1) is 20.3. The Labute approximate surface area is 132 Å². The molecule has 126 valence electrons. The molecule has 0 aliphatic rings. The number of nitrogens with one attached hydrogen (secondary N) is 1. The molecule has 0 aliphatic carbocycles. The fourth-order valence-corrected chi connectivity index (χ4v) is 1.69. The smallest absolute Gasteiger partial charge is 0.335 e. The zero-order chi connectivity index (χ0) is 17.2. The Kier molecular flexibility index (Phi) is 9.37. The van der Waals surface area contributed by atoms with E-state index in [1.807, 2.05) is 6.92 Å². The average molecular weight is 313 g/mol. The van der Waals surface area contributed by atoms with Crippen molar-refractivity contribution >= 4 is 11.9 Å². The van der Waals surface area contributed by atoms with Crippen LogP contribution in [0.4, 0.5) is 0 Å². The fourth-order valence-electron chi connectivity index (χ4n) is 1.69. The lowest BCUT2D eigenvalue weighted by atomic mass is 10.0. The van der Waals surface area contributed by atoms with Crippen LogP contribution in [-0.2, 0) is 19.1 Å². The van der Waals surface area contributed by atoms with Crippen molar-refractivity contribution in [3.8, 4) is 0 Å². The fraction of sp³-hybridized carbons (Fsp3) is 0.625. The van der Waals surface area contributed by atoms with E-state index in [0.717, 1.165) is 18.9 Å². The molecule has 0 saturated carbocycles. The van der Waals surface area contributed by atoms with Gasteiger partial charge in [-0.05, 0) is 26.3 Å². The Morgan fingerprint density at radius 2 is 2.05 bits per heavy atom. The van der Waals surface area contributed by atoms with Crippen LogP contribution >= 0.6 is 0 Å². The summed E-state index contributed by atoms with van der Waals surface area (Å²) in [5.74, 6) is -1.32. The van der Waals surface area contributed by atoms with E-state index in [9.17, 15) is 14.7 Å². The molecule has 2 unspecified atom stereocenters. The first-order valence-corrected chi connectivity index (χ1v) is 7.44. The first-order valence-electron chi connectivity index (χ1n) is 7.44. The molecule has 0 amide bonds. The third kappa shape index (κ3) is 6.41. The largest absolute Gasteiger partial charge is 0.457 e. The minimum Gasteiger partial charge on any atom is -0.457 e. The van der Waals surface area contributed by atoms with Crippen LogP contribution in [0.3, 0.4) is 0 Å². The molecule has 0 spiro atoms. The van der Waals surface area contributed by atoms with Gasteiger partial charge in [-0.2, -0.15) is 0 Å². The third-order valence-electron chi connectivity index (χ3n) is 3.10. The number of rotatable bonds is 11. The molecule has 6 nitrogen and oxygen atoms in total. The van der Waals surface area contributed by atoms with Gasteiger partial charge in [0.1, 0.15) is 12.7 Å². The zero-order valence-corrected chi connectivity index (χ0v) is 13.7. The normalized spacial score (nSPS) is 14.5. The predicted molar refractivity (Wildman–Crippen MR) is 84.0 cm³/mol. The summed E-state index contributed by atoms with van der Waals surface area (Å²) in [6, 6.07) is 0. The Balaban J connectivity index is 5.28. The Morgan fingerprint density at radius 3 is 2.50 bits per heavy atom. The highest BCUT2D eigenvalue weighted by Gasteiger charge is 2.42. The molecule has 0 aromatic rings. The Hall–Kier alpha value is -1.66. The van der Waals surface area contributed by atoms with E-state index in [1.165, 1.54) is 6.92 Å². The lowest BCUT2D eigenvalue weighted by Gasteiger charge is -2.37. The minimum atomic E-state index is -1.50. The average Bonchev–Trinajstić information content (AvgIpc) is 2.50. The summed E-state index contributed by atoms with van der Waals surface area (Å²) in [5, 5.41) is 13.3. The lowest BCUT2D eigenvalue weighted by Crippen LogP contribution is -2.61. The summed E-state index contributed by atoms with van der Waals surface area (Å²) in [5.41, 5.74) is -1.31. The van der Waals surface area contributed by atoms with Crippen molar-refractivity contribution in [2.75, 3.05) is 13.2 Å². The quantitative estimate of drug-likeness (QED) is 0.261. The van der Waals surface area contributed by atoms with Gasteiger partial charge >= 0.3 is 11.9 Å². The Bertz CT molecular complexity index is 407. The standard InChI is InChI=1S/C16H27NO5/c1-6-9-10-17-16(13(18)7-2,11-21-14(19)8-3)22-15(20)12(4)5/h8,13,17-18H,3-4,6-7,9-11H2,1-2,5H3. The monoisotopic (exact) mass is 313 g/mol. The zero-order valence-electron chi connectivity index (χ0n) is 13.7. The molecule has 2 N–H and O–H groups in total. The van der Waals surface area contributed by atoms with Crippen molar-refractivity contribution in [3.05, 3.63) is 24.8 Å².